The molecule has 1 heterocycles. The monoisotopic (exact) mass is 266 g/mol. The molecule has 0 saturated carbocycles. The molecule has 0 aliphatic rings. The van der Waals surface area contributed by atoms with Gasteiger partial charge < -0.3 is 9.15 Å². The van der Waals surface area contributed by atoms with Gasteiger partial charge in [-0.05, 0) is 31.2 Å². The Labute approximate surface area is 116 Å². The van der Waals surface area contributed by atoms with Crippen LogP contribution in [-0.4, -0.2) is 12.6 Å². The fourth-order valence-corrected chi connectivity index (χ4v) is 2.11. The number of fused-ring (bicyclic) bond motifs is 1. The Morgan fingerprint density at radius 3 is 2.55 bits per heavy atom. The Balaban J connectivity index is 1.92. The predicted molar refractivity (Wildman–Crippen MR) is 77.6 cm³/mol. The van der Waals surface area contributed by atoms with Crippen LogP contribution in [-0.2, 0) is 4.74 Å². The van der Waals surface area contributed by atoms with E-state index in [0.29, 0.717) is 12.2 Å². The Kier molecular flexibility index (Phi) is 3.25. The third-order valence-corrected chi connectivity index (χ3v) is 3.11. The molecular formula is C17H14O3. The molecule has 0 atom stereocenters. The van der Waals surface area contributed by atoms with E-state index in [1.54, 1.807) is 19.1 Å². The van der Waals surface area contributed by atoms with Gasteiger partial charge in [0.25, 0.3) is 0 Å². The number of furan rings is 1. The van der Waals surface area contributed by atoms with E-state index >= 15 is 0 Å². The largest absolute Gasteiger partial charge is 0.462 e. The van der Waals surface area contributed by atoms with Gasteiger partial charge in [0.15, 0.2) is 0 Å². The summed E-state index contributed by atoms with van der Waals surface area (Å²) < 4.78 is 10.7. The van der Waals surface area contributed by atoms with Crippen LogP contribution in [0.4, 0.5) is 0 Å². The highest BCUT2D eigenvalue weighted by molar-refractivity contribution is 5.90. The Morgan fingerprint density at radius 1 is 1.10 bits per heavy atom. The number of carbonyl (C=O) groups excluding carboxylic acids is 1. The highest BCUT2D eigenvalue weighted by Crippen LogP contribution is 2.27. The van der Waals surface area contributed by atoms with Crippen LogP contribution in [0.25, 0.3) is 22.3 Å². The first kappa shape index (κ1) is 12.5. The van der Waals surface area contributed by atoms with Gasteiger partial charge in [0.2, 0.25) is 0 Å². The van der Waals surface area contributed by atoms with Gasteiger partial charge in [0.05, 0.1) is 12.2 Å². The van der Waals surface area contributed by atoms with Crippen molar-refractivity contribution in [1.29, 1.82) is 0 Å². The Morgan fingerprint density at radius 2 is 1.85 bits per heavy atom. The minimum atomic E-state index is -0.302. The minimum absolute atomic E-state index is 0.302. The lowest BCUT2D eigenvalue weighted by Crippen LogP contribution is -2.03. The van der Waals surface area contributed by atoms with E-state index in [1.807, 2.05) is 42.5 Å². The zero-order valence-corrected chi connectivity index (χ0v) is 11.1. The van der Waals surface area contributed by atoms with E-state index in [9.17, 15) is 4.79 Å². The molecule has 20 heavy (non-hydrogen) atoms. The molecular weight excluding hydrogens is 252 g/mol. The Bertz CT molecular complexity index is 705. The maximum Gasteiger partial charge on any atom is 0.338 e. The summed E-state index contributed by atoms with van der Waals surface area (Å²) in [5.41, 5.74) is 2.35. The van der Waals surface area contributed by atoms with Crippen molar-refractivity contribution in [3.63, 3.8) is 0 Å². The summed E-state index contributed by atoms with van der Waals surface area (Å²) in [5, 5.41) is 1.07. The standard InChI is InChI=1S/C17H14O3/c1-2-19-17(18)13-9-7-12(8-10-13)16-11-14-5-3-4-6-15(14)20-16/h3-11H,2H2,1H3. The zero-order chi connectivity index (χ0) is 13.9. The van der Waals surface area contributed by atoms with Gasteiger partial charge >= 0.3 is 5.97 Å². The van der Waals surface area contributed by atoms with E-state index in [4.69, 9.17) is 9.15 Å². The molecule has 100 valence electrons. The number of benzene rings is 2. The number of carbonyl (C=O) groups is 1. The van der Waals surface area contributed by atoms with Gasteiger partial charge in [0, 0.05) is 10.9 Å². The van der Waals surface area contributed by atoms with Crippen molar-refractivity contribution in [2.45, 2.75) is 6.92 Å². The molecule has 0 saturated heterocycles. The highest BCUT2D eigenvalue weighted by Gasteiger charge is 2.09. The fourth-order valence-electron chi connectivity index (χ4n) is 2.11. The highest BCUT2D eigenvalue weighted by atomic mass is 16.5. The molecule has 0 spiro atoms. The van der Waals surface area contributed by atoms with Crippen LogP contribution in [0.2, 0.25) is 0 Å². The topological polar surface area (TPSA) is 39.4 Å². The van der Waals surface area contributed by atoms with Gasteiger partial charge in [-0.25, -0.2) is 4.79 Å². The van der Waals surface area contributed by atoms with Crippen molar-refractivity contribution in [1.82, 2.24) is 0 Å². The van der Waals surface area contributed by atoms with Gasteiger partial charge in [-0.15, -0.1) is 0 Å². The molecule has 0 bridgehead atoms. The van der Waals surface area contributed by atoms with Crippen LogP contribution in [0.5, 0.6) is 0 Å². The number of rotatable bonds is 3. The molecule has 2 aromatic carbocycles. The van der Waals surface area contributed by atoms with Crippen LogP contribution >= 0.6 is 0 Å². The van der Waals surface area contributed by atoms with E-state index in [0.717, 1.165) is 22.3 Å². The molecule has 0 N–H and O–H groups in total. The van der Waals surface area contributed by atoms with Crippen molar-refractivity contribution in [3.8, 4) is 11.3 Å². The quantitative estimate of drug-likeness (QED) is 0.664. The summed E-state index contributed by atoms with van der Waals surface area (Å²) in [6.45, 7) is 2.17. The molecule has 0 fully saturated rings. The van der Waals surface area contributed by atoms with E-state index in [-0.39, 0.29) is 5.97 Å². The molecule has 3 rings (SSSR count). The zero-order valence-electron chi connectivity index (χ0n) is 11.1. The molecule has 0 unspecified atom stereocenters. The summed E-state index contributed by atoms with van der Waals surface area (Å²) in [5.74, 6) is 0.491. The average Bonchev–Trinajstić information content (AvgIpc) is 2.91. The molecule has 0 radical (unpaired) electrons. The number of esters is 1. The number of hydrogen-bond donors (Lipinski definition) is 0. The van der Waals surface area contributed by atoms with Crippen LogP contribution in [0.15, 0.2) is 59.0 Å². The first-order valence-corrected chi connectivity index (χ1v) is 6.54. The Hall–Kier alpha value is -2.55. The summed E-state index contributed by atoms with van der Waals surface area (Å²) in [6.07, 6.45) is 0. The third-order valence-electron chi connectivity index (χ3n) is 3.11. The molecule has 0 aliphatic heterocycles. The second-order valence-corrected chi connectivity index (χ2v) is 4.45. The second-order valence-electron chi connectivity index (χ2n) is 4.45. The second kappa shape index (κ2) is 5.21. The van der Waals surface area contributed by atoms with Crippen molar-refractivity contribution in [2.75, 3.05) is 6.61 Å². The van der Waals surface area contributed by atoms with Crippen molar-refractivity contribution < 1.29 is 13.9 Å². The molecule has 0 amide bonds. The van der Waals surface area contributed by atoms with E-state index < -0.39 is 0 Å². The van der Waals surface area contributed by atoms with Crippen molar-refractivity contribution in [2.24, 2.45) is 0 Å². The lowest BCUT2D eigenvalue weighted by atomic mass is 10.1. The maximum atomic E-state index is 11.6. The molecule has 3 aromatic rings. The third kappa shape index (κ3) is 2.30. The summed E-state index contributed by atoms with van der Waals surface area (Å²) in [6, 6.07) is 17.1. The number of ether oxygens (including phenoxy) is 1. The lowest BCUT2D eigenvalue weighted by molar-refractivity contribution is 0.0526. The molecule has 3 heteroatoms. The SMILES string of the molecule is CCOC(=O)c1ccc(-c2cc3ccccc3o2)cc1. The number of para-hydroxylation sites is 1. The summed E-state index contributed by atoms with van der Waals surface area (Å²) in [7, 11) is 0. The molecule has 0 aliphatic carbocycles. The van der Waals surface area contributed by atoms with Crippen LogP contribution < -0.4 is 0 Å². The first-order valence-electron chi connectivity index (χ1n) is 6.54. The normalized spacial score (nSPS) is 10.7. The number of hydrogen-bond acceptors (Lipinski definition) is 3. The predicted octanol–water partition coefficient (Wildman–Crippen LogP) is 4.28. The summed E-state index contributed by atoms with van der Waals surface area (Å²) in [4.78, 5) is 11.6. The fraction of sp³-hybridized carbons (Fsp3) is 0.118. The maximum absolute atomic E-state index is 11.6. The lowest BCUT2D eigenvalue weighted by Gasteiger charge is -2.02. The van der Waals surface area contributed by atoms with E-state index in [1.165, 1.54) is 0 Å². The van der Waals surface area contributed by atoms with E-state index in [2.05, 4.69) is 0 Å². The van der Waals surface area contributed by atoms with Crippen LogP contribution in [0.3, 0.4) is 0 Å². The minimum Gasteiger partial charge on any atom is -0.462 e. The molecule has 3 nitrogen and oxygen atoms in total. The smallest absolute Gasteiger partial charge is 0.338 e. The van der Waals surface area contributed by atoms with Crippen molar-refractivity contribution >= 4 is 16.9 Å². The first-order chi connectivity index (χ1) is 9.78. The molecule has 1 aromatic heterocycles. The van der Waals surface area contributed by atoms with Gasteiger partial charge in [-0.1, -0.05) is 30.3 Å². The average molecular weight is 266 g/mol. The van der Waals surface area contributed by atoms with Crippen LogP contribution in [0, 0.1) is 0 Å². The van der Waals surface area contributed by atoms with Gasteiger partial charge in [-0.2, -0.15) is 0 Å². The van der Waals surface area contributed by atoms with Gasteiger partial charge in [0.1, 0.15) is 11.3 Å². The summed E-state index contributed by atoms with van der Waals surface area (Å²) >= 11 is 0. The van der Waals surface area contributed by atoms with Crippen LogP contribution in [0.1, 0.15) is 17.3 Å². The van der Waals surface area contributed by atoms with Gasteiger partial charge in [-0.3, -0.25) is 0 Å². The van der Waals surface area contributed by atoms with Crippen molar-refractivity contribution in [3.05, 3.63) is 60.2 Å².